The number of hydrogen-bond acceptors (Lipinski definition) is 1. The van der Waals surface area contributed by atoms with E-state index in [9.17, 15) is 14.3 Å². The maximum atomic E-state index is 13.4. The van der Waals surface area contributed by atoms with Crippen LogP contribution in [0.15, 0.2) is 18.2 Å². The lowest BCUT2D eigenvalue weighted by Crippen LogP contribution is -2.32. The van der Waals surface area contributed by atoms with E-state index in [-0.39, 0.29) is 17.7 Å². The molecule has 1 N–H and O–H groups in total. The topological polar surface area (TPSA) is 37.3 Å². The van der Waals surface area contributed by atoms with E-state index in [4.69, 9.17) is 11.6 Å². The van der Waals surface area contributed by atoms with Crippen molar-refractivity contribution in [1.29, 1.82) is 0 Å². The van der Waals surface area contributed by atoms with Crippen molar-refractivity contribution in [2.45, 2.75) is 45.4 Å². The van der Waals surface area contributed by atoms with Gasteiger partial charge in [-0.1, -0.05) is 31.4 Å². The molecule has 21 heavy (non-hydrogen) atoms. The van der Waals surface area contributed by atoms with Crippen LogP contribution < -0.4 is 0 Å². The highest BCUT2D eigenvalue weighted by molar-refractivity contribution is 6.31. The third-order valence-corrected chi connectivity index (χ3v) is 4.96. The van der Waals surface area contributed by atoms with Crippen LogP contribution in [0.3, 0.4) is 0 Å². The average molecular weight is 313 g/mol. The molecule has 4 heteroatoms. The summed E-state index contributed by atoms with van der Waals surface area (Å²) >= 11 is 6.13. The summed E-state index contributed by atoms with van der Waals surface area (Å²) in [4.78, 5) is 11.5. The second-order valence-electron chi connectivity index (χ2n) is 6.11. The van der Waals surface area contributed by atoms with Gasteiger partial charge >= 0.3 is 5.97 Å². The lowest BCUT2D eigenvalue weighted by atomic mass is 9.70. The highest BCUT2D eigenvalue weighted by Gasteiger charge is 2.34. The number of benzene rings is 1. The summed E-state index contributed by atoms with van der Waals surface area (Å²) in [5.41, 5.74) is 0.727. The van der Waals surface area contributed by atoms with Crippen LogP contribution in [0.4, 0.5) is 4.39 Å². The molecule has 3 atom stereocenters. The van der Waals surface area contributed by atoms with Crippen molar-refractivity contribution in [2.24, 2.45) is 17.8 Å². The number of halogens is 2. The van der Waals surface area contributed by atoms with Crippen molar-refractivity contribution in [3.63, 3.8) is 0 Å². The van der Waals surface area contributed by atoms with E-state index >= 15 is 0 Å². The number of carboxylic acid groups (broad SMARTS) is 1. The molecule has 116 valence electrons. The lowest BCUT2D eigenvalue weighted by molar-refractivity contribution is -0.145. The van der Waals surface area contributed by atoms with E-state index < -0.39 is 5.97 Å². The standard InChI is InChI=1S/C17H22ClFO2/c1-2-3-11-4-6-15(17(20)21)12(8-11)9-13-10-14(19)5-7-16(13)18/h5,7,10-12,15H,2-4,6,8-9H2,1H3,(H,20,21). The molecule has 1 aliphatic rings. The minimum Gasteiger partial charge on any atom is -0.481 e. The molecule has 0 aliphatic heterocycles. The first kappa shape index (κ1) is 16.3. The van der Waals surface area contributed by atoms with E-state index in [0.29, 0.717) is 17.4 Å². The van der Waals surface area contributed by atoms with Crippen LogP contribution in [0.2, 0.25) is 5.02 Å². The normalized spacial score (nSPS) is 25.8. The van der Waals surface area contributed by atoms with Crippen LogP contribution in [0.25, 0.3) is 0 Å². The van der Waals surface area contributed by atoms with Crippen LogP contribution in [0, 0.1) is 23.6 Å². The van der Waals surface area contributed by atoms with Gasteiger partial charge in [-0.15, -0.1) is 0 Å². The minimum atomic E-state index is -0.734. The first-order valence-electron chi connectivity index (χ1n) is 7.68. The molecule has 2 nitrogen and oxygen atoms in total. The highest BCUT2D eigenvalue weighted by Crippen LogP contribution is 2.39. The SMILES string of the molecule is CCCC1CCC(C(=O)O)C(Cc2cc(F)ccc2Cl)C1. The van der Waals surface area contributed by atoms with Crippen molar-refractivity contribution in [3.8, 4) is 0 Å². The zero-order valence-electron chi connectivity index (χ0n) is 12.3. The monoisotopic (exact) mass is 312 g/mol. The van der Waals surface area contributed by atoms with Gasteiger partial charge in [0.05, 0.1) is 5.92 Å². The molecule has 1 aromatic rings. The molecule has 0 amide bonds. The molecule has 0 aromatic heterocycles. The summed E-state index contributed by atoms with van der Waals surface area (Å²) in [6.07, 6.45) is 5.41. The Labute approximate surface area is 130 Å². The molecule has 1 aliphatic carbocycles. The predicted molar refractivity (Wildman–Crippen MR) is 82.0 cm³/mol. The van der Waals surface area contributed by atoms with Gasteiger partial charge in [0.25, 0.3) is 0 Å². The smallest absolute Gasteiger partial charge is 0.306 e. The van der Waals surface area contributed by atoms with Gasteiger partial charge in [-0.2, -0.15) is 0 Å². The van der Waals surface area contributed by atoms with Gasteiger partial charge in [-0.25, -0.2) is 4.39 Å². The van der Waals surface area contributed by atoms with Gasteiger partial charge in [0.15, 0.2) is 0 Å². The van der Waals surface area contributed by atoms with Gasteiger partial charge in [0, 0.05) is 5.02 Å². The van der Waals surface area contributed by atoms with Gasteiger partial charge in [0.1, 0.15) is 5.82 Å². The predicted octanol–water partition coefficient (Wildman–Crippen LogP) is 4.94. The maximum absolute atomic E-state index is 13.4. The van der Waals surface area contributed by atoms with Gasteiger partial charge in [-0.05, 0) is 61.3 Å². The highest BCUT2D eigenvalue weighted by atomic mass is 35.5. The summed E-state index contributed by atoms with van der Waals surface area (Å²) in [6.45, 7) is 2.15. The third-order valence-electron chi connectivity index (χ3n) is 4.60. The Morgan fingerprint density at radius 1 is 1.43 bits per heavy atom. The van der Waals surface area contributed by atoms with E-state index in [1.807, 2.05) is 0 Å². The van der Waals surface area contributed by atoms with E-state index in [0.717, 1.165) is 37.7 Å². The molecule has 0 heterocycles. The molecule has 1 fully saturated rings. The minimum absolute atomic E-state index is 0.0482. The first-order valence-corrected chi connectivity index (χ1v) is 8.05. The molecule has 0 radical (unpaired) electrons. The van der Waals surface area contributed by atoms with Crippen molar-refractivity contribution < 1.29 is 14.3 Å². The second kappa shape index (κ2) is 7.26. The average Bonchev–Trinajstić information content (AvgIpc) is 2.43. The van der Waals surface area contributed by atoms with Crippen molar-refractivity contribution >= 4 is 17.6 Å². The zero-order chi connectivity index (χ0) is 15.4. The van der Waals surface area contributed by atoms with E-state index in [1.54, 1.807) is 6.07 Å². The van der Waals surface area contributed by atoms with Gasteiger partial charge in [-0.3, -0.25) is 4.79 Å². The van der Waals surface area contributed by atoms with Crippen molar-refractivity contribution in [2.75, 3.05) is 0 Å². The summed E-state index contributed by atoms with van der Waals surface area (Å²) in [6, 6.07) is 4.32. The maximum Gasteiger partial charge on any atom is 0.306 e. The molecule has 0 bridgehead atoms. The van der Waals surface area contributed by atoms with Crippen molar-refractivity contribution in [1.82, 2.24) is 0 Å². The van der Waals surface area contributed by atoms with E-state index in [2.05, 4.69) is 6.92 Å². The Hall–Kier alpha value is -1.09. The van der Waals surface area contributed by atoms with Gasteiger partial charge < -0.3 is 5.11 Å². The summed E-state index contributed by atoms with van der Waals surface area (Å²) in [5.74, 6) is -0.753. The molecule has 1 saturated carbocycles. The number of aliphatic carboxylic acids is 1. The quantitative estimate of drug-likeness (QED) is 0.836. The Kier molecular flexibility index (Phi) is 5.63. The Morgan fingerprint density at radius 3 is 2.86 bits per heavy atom. The van der Waals surface area contributed by atoms with E-state index in [1.165, 1.54) is 12.1 Å². The van der Waals surface area contributed by atoms with Crippen LogP contribution in [-0.4, -0.2) is 11.1 Å². The summed E-state index contributed by atoms with van der Waals surface area (Å²) < 4.78 is 13.4. The fourth-order valence-electron chi connectivity index (χ4n) is 3.56. The number of carboxylic acids is 1. The molecular weight excluding hydrogens is 291 g/mol. The largest absolute Gasteiger partial charge is 0.481 e. The molecule has 0 saturated heterocycles. The van der Waals surface area contributed by atoms with Gasteiger partial charge in [0.2, 0.25) is 0 Å². The second-order valence-corrected chi connectivity index (χ2v) is 6.52. The third kappa shape index (κ3) is 4.19. The summed E-state index contributed by atoms with van der Waals surface area (Å²) in [7, 11) is 0. The summed E-state index contributed by atoms with van der Waals surface area (Å²) in [5, 5.41) is 9.95. The van der Waals surface area contributed by atoms with Crippen LogP contribution >= 0.6 is 11.6 Å². The fraction of sp³-hybridized carbons (Fsp3) is 0.588. The zero-order valence-corrected chi connectivity index (χ0v) is 13.1. The molecule has 2 rings (SSSR count). The Bertz CT molecular complexity index is 504. The fourth-order valence-corrected chi connectivity index (χ4v) is 3.76. The van der Waals surface area contributed by atoms with Crippen molar-refractivity contribution in [3.05, 3.63) is 34.6 Å². The number of carbonyl (C=O) groups is 1. The Balaban J connectivity index is 2.15. The molecule has 1 aromatic carbocycles. The number of hydrogen-bond donors (Lipinski definition) is 1. The molecular formula is C17H22ClFO2. The first-order chi connectivity index (χ1) is 10.0. The van der Waals surface area contributed by atoms with Crippen LogP contribution in [0.1, 0.15) is 44.6 Å². The Morgan fingerprint density at radius 2 is 2.19 bits per heavy atom. The number of rotatable bonds is 5. The van der Waals surface area contributed by atoms with Crippen LogP contribution in [0.5, 0.6) is 0 Å². The lowest BCUT2D eigenvalue weighted by Gasteiger charge is -2.34. The molecule has 3 unspecified atom stereocenters. The van der Waals surface area contributed by atoms with Crippen LogP contribution in [-0.2, 0) is 11.2 Å². The molecule has 0 spiro atoms.